The molecule has 0 unspecified atom stereocenters. The minimum Gasteiger partial charge on any atom is -0.491 e. The molecule has 1 aromatic rings. The van der Waals surface area contributed by atoms with Crippen LogP contribution in [0.25, 0.3) is 0 Å². The molecule has 0 aliphatic rings. The van der Waals surface area contributed by atoms with Crippen LogP contribution < -0.4 is 10.5 Å². The van der Waals surface area contributed by atoms with E-state index in [1.54, 1.807) is 0 Å². The number of rotatable bonds is 17. The molecule has 4 nitrogen and oxygen atoms in total. The summed E-state index contributed by atoms with van der Waals surface area (Å²) in [6, 6.07) is 3.67. The first kappa shape index (κ1) is 24.7. The zero-order valence-electron chi connectivity index (χ0n) is 17.4. The van der Waals surface area contributed by atoms with Gasteiger partial charge in [0.1, 0.15) is 10.6 Å². The summed E-state index contributed by atoms with van der Waals surface area (Å²) in [5.41, 5.74) is 5.87. The molecule has 0 heterocycles. The summed E-state index contributed by atoms with van der Waals surface area (Å²) < 4.78 is 40.2. The van der Waals surface area contributed by atoms with Crippen LogP contribution in [0.15, 0.2) is 23.1 Å². The summed E-state index contributed by atoms with van der Waals surface area (Å²) in [5, 5.41) is 0. The lowest BCUT2D eigenvalue weighted by Gasteiger charge is -2.09. The van der Waals surface area contributed by atoms with Crippen molar-refractivity contribution in [2.24, 2.45) is 0 Å². The molecule has 2 N–H and O–H groups in total. The smallest absolute Gasteiger partial charge is 0.332 e. The third kappa shape index (κ3) is 11.5. The minimum atomic E-state index is -4.73. The number of hydrogen-bond donors (Lipinski definition) is 1. The van der Waals surface area contributed by atoms with Gasteiger partial charge < -0.3 is 10.5 Å². The van der Waals surface area contributed by atoms with Gasteiger partial charge in [0.2, 0.25) is 0 Å². The average Bonchev–Trinajstić information content (AvgIpc) is 2.65. The summed E-state index contributed by atoms with van der Waals surface area (Å²) in [6.07, 6.45) is 18.2. The highest BCUT2D eigenvalue weighted by Gasteiger charge is 2.13. The van der Waals surface area contributed by atoms with Crippen molar-refractivity contribution in [3.63, 3.8) is 0 Å². The molecule has 0 aliphatic carbocycles. The Morgan fingerprint density at radius 2 is 1.29 bits per heavy atom. The van der Waals surface area contributed by atoms with Gasteiger partial charge in [0, 0.05) is 0 Å². The molecule has 0 aromatic heterocycles. The summed E-state index contributed by atoms with van der Waals surface area (Å²) in [5.74, 6) is 0.405. The molecule has 6 heteroatoms. The monoisotopic (exact) mass is 415 g/mol. The van der Waals surface area contributed by atoms with Crippen molar-refractivity contribution in [2.75, 3.05) is 12.3 Å². The van der Waals surface area contributed by atoms with Crippen LogP contribution in [0.3, 0.4) is 0 Å². The maximum atomic E-state index is 12.9. The molecule has 0 saturated carbocycles. The summed E-state index contributed by atoms with van der Waals surface area (Å²) in [4.78, 5) is -0.436. The number of hydrogen-bond acceptors (Lipinski definition) is 4. The highest BCUT2D eigenvalue weighted by atomic mass is 32.3. The fourth-order valence-corrected chi connectivity index (χ4v) is 3.79. The third-order valence-electron chi connectivity index (χ3n) is 5.02. The lowest BCUT2D eigenvalue weighted by atomic mass is 10.0. The number of unbranched alkanes of at least 4 members (excludes halogenated alkanes) is 13. The Morgan fingerprint density at radius 3 is 1.71 bits per heavy atom. The van der Waals surface area contributed by atoms with Crippen LogP contribution in [0, 0.1) is 0 Å². The second-order valence-electron chi connectivity index (χ2n) is 7.58. The van der Waals surface area contributed by atoms with Crippen LogP contribution in [-0.4, -0.2) is 15.0 Å². The minimum absolute atomic E-state index is 0.143. The molecular formula is C22H38FNO3S. The Kier molecular flexibility index (Phi) is 13.0. The summed E-state index contributed by atoms with van der Waals surface area (Å²) in [6.45, 7) is 2.79. The van der Waals surface area contributed by atoms with E-state index in [2.05, 4.69) is 6.92 Å². The zero-order valence-corrected chi connectivity index (χ0v) is 18.2. The fourth-order valence-electron chi connectivity index (χ4n) is 3.29. The van der Waals surface area contributed by atoms with Gasteiger partial charge >= 0.3 is 10.2 Å². The van der Waals surface area contributed by atoms with Crippen LogP contribution in [0.4, 0.5) is 9.57 Å². The standard InChI is InChI=1S/C22H38FNO3S/c1-2-3-4-5-6-7-8-9-10-11-12-13-14-15-18-27-22-17-16-20(19-21(22)24)28(23,25)26/h16-17,19H,2-15,18,24H2,1H3. The van der Waals surface area contributed by atoms with Gasteiger partial charge in [-0.15, -0.1) is 3.89 Å². The van der Waals surface area contributed by atoms with Crippen molar-refractivity contribution in [2.45, 2.75) is 102 Å². The number of anilines is 1. The molecule has 0 saturated heterocycles. The van der Waals surface area contributed by atoms with E-state index in [4.69, 9.17) is 10.5 Å². The van der Waals surface area contributed by atoms with E-state index >= 15 is 0 Å². The number of ether oxygens (including phenoxy) is 1. The SMILES string of the molecule is CCCCCCCCCCCCCCCCOc1ccc(S(=O)(=O)F)cc1N. The Balaban J connectivity index is 1.96. The van der Waals surface area contributed by atoms with Gasteiger partial charge in [-0.2, -0.15) is 8.42 Å². The van der Waals surface area contributed by atoms with Gasteiger partial charge in [0.25, 0.3) is 0 Å². The van der Waals surface area contributed by atoms with E-state index in [1.165, 1.54) is 89.2 Å². The van der Waals surface area contributed by atoms with Crippen molar-refractivity contribution < 1.29 is 17.0 Å². The van der Waals surface area contributed by atoms with Crippen LogP contribution in [0.2, 0.25) is 0 Å². The molecule has 0 aliphatic heterocycles. The van der Waals surface area contributed by atoms with Crippen LogP contribution in [0.1, 0.15) is 96.8 Å². The molecule has 0 fully saturated rings. The van der Waals surface area contributed by atoms with Gasteiger partial charge in [-0.25, -0.2) is 0 Å². The van der Waals surface area contributed by atoms with Gasteiger partial charge in [-0.05, 0) is 24.6 Å². The number of benzene rings is 1. The van der Waals surface area contributed by atoms with Crippen molar-refractivity contribution in [1.29, 1.82) is 0 Å². The molecular weight excluding hydrogens is 377 g/mol. The normalized spacial score (nSPS) is 11.6. The Hall–Kier alpha value is -1.30. The first-order chi connectivity index (χ1) is 13.4. The Morgan fingerprint density at radius 1 is 0.821 bits per heavy atom. The third-order valence-corrected chi connectivity index (χ3v) is 5.84. The quantitative estimate of drug-likeness (QED) is 0.173. The van der Waals surface area contributed by atoms with E-state index < -0.39 is 15.1 Å². The first-order valence-corrected chi connectivity index (χ1v) is 12.3. The summed E-state index contributed by atoms with van der Waals surface area (Å²) in [7, 11) is -4.73. The number of nitrogen functional groups attached to an aromatic ring is 1. The van der Waals surface area contributed by atoms with E-state index in [1.807, 2.05) is 0 Å². The second kappa shape index (κ2) is 14.7. The molecule has 0 atom stereocenters. The predicted octanol–water partition coefficient (Wildman–Crippen LogP) is 6.79. The fraction of sp³-hybridized carbons (Fsp3) is 0.727. The molecule has 162 valence electrons. The number of nitrogens with two attached hydrogens (primary N) is 1. The molecule has 0 radical (unpaired) electrons. The highest BCUT2D eigenvalue weighted by Crippen LogP contribution is 2.26. The Bertz CT molecular complexity index is 635. The van der Waals surface area contributed by atoms with Crippen molar-refractivity contribution in [3.05, 3.63) is 18.2 Å². The van der Waals surface area contributed by atoms with E-state index in [0.717, 1.165) is 18.9 Å². The van der Waals surface area contributed by atoms with Crippen LogP contribution in [-0.2, 0) is 10.2 Å². The van der Waals surface area contributed by atoms with Crippen LogP contribution in [0.5, 0.6) is 5.75 Å². The van der Waals surface area contributed by atoms with Gasteiger partial charge in [-0.1, -0.05) is 90.4 Å². The van der Waals surface area contributed by atoms with Gasteiger partial charge in [0.05, 0.1) is 12.3 Å². The molecule has 1 rings (SSSR count). The van der Waals surface area contributed by atoms with Crippen LogP contribution >= 0.6 is 0 Å². The highest BCUT2D eigenvalue weighted by molar-refractivity contribution is 7.86. The topological polar surface area (TPSA) is 69.4 Å². The zero-order chi connectivity index (χ0) is 20.7. The van der Waals surface area contributed by atoms with Gasteiger partial charge in [0.15, 0.2) is 0 Å². The van der Waals surface area contributed by atoms with Crippen molar-refractivity contribution in [3.8, 4) is 5.75 Å². The molecule has 0 amide bonds. The largest absolute Gasteiger partial charge is 0.491 e. The van der Waals surface area contributed by atoms with E-state index in [0.29, 0.717) is 12.4 Å². The molecule has 0 spiro atoms. The van der Waals surface area contributed by atoms with E-state index in [9.17, 15) is 12.3 Å². The second-order valence-corrected chi connectivity index (χ2v) is 8.93. The lowest BCUT2D eigenvalue weighted by molar-refractivity contribution is 0.305. The molecule has 28 heavy (non-hydrogen) atoms. The Labute approximate surface area is 171 Å². The van der Waals surface area contributed by atoms with Gasteiger partial charge in [-0.3, -0.25) is 0 Å². The predicted molar refractivity (Wildman–Crippen MR) is 115 cm³/mol. The lowest BCUT2D eigenvalue weighted by Crippen LogP contribution is -2.02. The summed E-state index contributed by atoms with van der Waals surface area (Å²) >= 11 is 0. The maximum absolute atomic E-state index is 12.9. The average molecular weight is 416 g/mol. The first-order valence-electron chi connectivity index (χ1n) is 10.9. The number of halogens is 1. The van der Waals surface area contributed by atoms with Crippen molar-refractivity contribution in [1.82, 2.24) is 0 Å². The van der Waals surface area contributed by atoms with E-state index in [-0.39, 0.29) is 5.69 Å². The van der Waals surface area contributed by atoms with Crippen molar-refractivity contribution >= 4 is 15.9 Å². The molecule has 1 aromatic carbocycles. The molecule has 0 bridgehead atoms. The maximum Gasteiger partial charge on any atom is 0.332 e.